The lowest BCUT2D eigenvalue weighted by Gasteiger charge is -2.01. The Morgan fingerprint density at radius 2 is 2.00 bits per heavy atom. The lowest BCUT2D eigenvalue weighted by atomic mass is 10.2. The Balaban J connectivity index is 0.000000280. The summed E-state index contributed by atoms with van der Waals surface area (Å²) in [6.45, 7) is 0.561. The van der Waals surface area contributed by atoms with Crippen LogP contribution in [0.3, 0.4) is 0 Å². The average Bonchev–Trinajstić information content (AvgIpc) is 2.91. The predicted octanol–water partition coefficient (Wildman–Crippen LogP) is 1.70. The summed E-state index contributed by atoms with van der Waals surface area (Å²) in [5.41, 5.74) is 5.66. The Kier molecular flexibility index (Phi) is 6.35. The number of carbonyl (C=O) groups excluding carboxylic acids is 1. The van der Waals surface area contributed by atoms with E-state index in [1.165, 1.54) is 0 Å². The van der Waals surface area contributed by atoms with Crippen molar-refractivity contribution in [2.24, 2.45) is 5.73 Å². The number of hydrogen-bond donors (Lipinski definition) is 2. The van der Waals surface area contributed by atoms with Crippen LogP contribution in [0, 0.1) is 0 Å². The largest absolute Gasteiger partial charge is 0.472 e. The highest BCUT2D eigenvalue weighted by molar-refractivity contribution is 6.27. The molecule has 0 fully saturated rings. The first kappa shape index (κ1) is 14.1. The molecule has 1 heterocycles. The fourth-order valence-electron chi connectivity index (χ4n) is 1.06. The molecular formula is C12H14ClN3O2. The predicted molar refractivity (Wildman–Crippen MR) is 69.3 cm³/mol. The van der Waals surface area contributed by atoms with E-state index in [0.717, 1.165) is 5.56 Å². The van der Waals surface area contributed by atoms with Gasteiger partial charge < -0.3 is 10.5 Å². The maximum absolute atomic E-state index is 9.46. The van der Waals surface area contributed by atoms with Gasteiger partial charge in [0.15, 0.2) is 0 Å². The number of aromatic amines is 1. The highest BCUT2D eigenvalue weighted by Crippen LogP contribution is 2.06. The number of nitrogens with one attached hydrogen (secondary N) is 1. The van der Waals surface area contributed by atoms with Crippen LogP contribution in [0.5, 0.6) is 5.88 Å². The number of benzene rings is 1. The van der Waals surface area contributed by atoms with Crippen molar-refractivity contribution in [3.63, 3.8) is 0 Å². The normalized spacial score (nSPS) is 9.17. The SMILES string of the molecule is NC(=O)CCl.c1ccc(COc2cc[nH]n2)cc1. The number of carbonyl (C=O) groups is 1. The van der Waals surface area contributed by atoms with Gasteiger partial charge in [0.25, 0.3) is 0 Å². The monoisotopic (exact) mass is 267 g/mol. The zero-order valence-electron chi connectivity index (χ0n) is 9.67. The van der Waals surface area contributed by atoms with Crippen LogP contribution in [0.1, 0.15) is 5.56 Å². The third-order valence-electron chi connectivity index (χ3n) is 1.84. The van der Waals surface area contributed by atoms with Crippen molar-refractivity contribution in [3.05, 3.63) is 48.2 Å². The Hall–Kier alpha value is -2.01. The number of alkyl halides is 1. The fourth-order valence-corrected chi connectivity index (χ4v) is 1.06. The highest BCUT2D eigenvalue weighted by atomic mass is 35.5. The minimum atomic E-state index is -0.480. The number of primary amides is 1. The van der Waals surface area contributed by atoms with Crippen LogP contribution in [-0.2, 0) is 11.4 Å². The molecule has 0 saturated heterocycles. The molecule has 1 aromatic carbocycles. The summed E-state index contributed by atoms with van der Waals surface area (Å²) in [5, 5.41) is 6.58. The van der Waals surface area contributed by atoms with E-state index in [1.807, 2.05) is 30.3 Å². The van der Waals surface area contributed by atoms with Gasteiger partial charge in [-0.1, -0.05) is 30.3 Å². The summed E-state index contributed by atoms with van der Waals surface area (Å²) < 4.78 is 5.39. The maximum Gasteiger partial charge on any atom is 0.232 e. The quantitative estimate of drug-likeness (QED) is 0.828. The van der Waals surface area contributed by atoms with E-state index in [1.54, 1.807) is 12.3 Å². The van der Waals surface area contributed by atoms with Gasteiger partial charge in [-0.15, -0.1) is 16.7 Å². The van der Waals surface area contributed by atoms with E-state index in [0.29, 0.717) is 12.5 Å². The lowest BCUT2D eigenvalue weighted by Crippen LogP contribution is -2.10. The zero-order chi connectivity index (χ0) is 13.2. The van der Waals surface area contributed by atoms with Gasteiger partial charge in [0.1, 0.15) is 12.5 Å². The van der Waals surface area contributed by atoms with Crippen LogP contribution in [0.2, 0.25) is 0 Å². The topological polar surface area (TPSA) is 81.0 Å². The van der Waals surface area contributed by atoms with Crippen molar-refractivity contribution in [1.29, 1.82) is 0 Å². The van der Waals surface area contributed by atoms with Gasteiger partial charge in [-0.2, -0.15) is 0 Å². The van der Waals surface area contributed by atoms with E-state index in [-0.39, 0.29) is 5.88 Å². The van der Waals surface area contributed by atoms with Crippen molar-refractivity contribution in [1.82, 2.24) is 10.2 Å². The zero-order valence-corrected chi connectivity index (χ0v) is 10.4. The van der Waals surface area contributed by atoms with Crippen molar-refractivity contribution >= 4 is 17.5 Å². The third kappa shape index (κ3) is 5.91. The van der Waals surface area contributed by atoms with E-state index in [9.17, 15) is 4.79 Å². The molecule has 2 aromatic rings. The minimum Gasteiger partial charge on any atom is -0.472 e. The maximum atomic E-state index is 9.46. The molecule has 0 saturated carbocycles. The van der Waals surface area contributed by atoms with E-state index < -0.39 is 5.91 Å². The van der Waals surface area contributed by atoms with Gasteiger partial charge in [-0.05, 0) is 5.56 Å². The van der Waals surface area contributed by atoms with Crippen LogP contribution < -0.4 is 10.5 Å². The van der Waals surface area contributed by atoms with E-state index in [2.05, 4.69) is 15.9 Å². The number of halogens is 1. The van der Waals surface area contributed by atoms with Crippen LogP contribution in [0.25, 0.3) is 0 Å². The first-order valence-corrected chi connectivity index (χ1v) is 5.76. The lowest BCUT2D eigenvalue weighted by molar-refractivity contribution is -0.115. The van der Waals surface area contributed by atoms with Crippen molar-refractivity contribution in [2.45, 2.75) is 6.61 Å². The number of rotatable bonds is 4. The first-order valence-electron chi connectivity index (χ1n) is 5.23. The second-order valence-electron chi connectivity index (χ2n) is 3.29. The molecule has 18 heavy (non-hydrogen) atoms. The molecule has 3 N–H and O–H groups in total. The van der Waals surface area contributed by atoms with E-state index >= 15 is 0 Å². The standard InChI is InChI=1S/C10H10N2O.C2H4ClNO/c1-2-4-9(5-3-1)8-13-10-6-7-11-12-10;3-1-2(4)5/h1-7H,8H2,(H,11,12);1H2,(H2,4,5). The molecule has 6 heteroatoms. The molecule has 1 amide bonds. The van der Waals surface area contributed by atoms with Gasteiger partial charge in [-0.25, -0.2) is 0 Å². The van der Waals surface area contributed by atoms with Gasteiger partial charge in [0.2, 0.25) is 11.8 Å². The molecule has 0 atom stereocenters. The number of amides is 1. The molecule has 2 rings (SSSR count). The number of nitrogens with zero attached hydrogens (tertiary/aromatic N) is 1. The summed E-state index contributed by atoms with van der Waals surface area (Å²) in [5.74, 6) is 0.0653. The molecular weight excluding hydrogens is 254 g/mol. The Labute approximate surface area is 110 Å². The Bertz CT molecular complexity index is 446. The third-order valence-corrected chi connectivity index (χ3v) is 2.10. The molecule has 1 aromatic heterocycles. The summed E-state index contributed by atoms with van der Waals surface area (Å²) >= 11 is 4.86. The van der Waals surface area contributed by atoms with E-state index in [4.69, 9.17) is 16.3 Å². The summed E-state index contributed by atoms with van der Waals surface area (Å²) in [6, 6.07) is 11.8. The van der Waals surface area contributed by atoms with Crippen molar-refractivity contribution < 1.29 is 9.53 Å². The summed E-state index contributed by atoms with van der Waals surface area (Å²) in [6.07, 6.45) is 1.74. The number of nitrogens with two attached hydrogens (primary N) is 1. The van der Waals surface area contributed by atoms with Crippen molar-refractivity contribution in [3.8, 4) is 5.88 Å². The molecule has 0 aliphatic heterocycles. The molecule has 0 aliphatic rings. The second-order valence-corrected chi connectivity index (χ2v) is 3.55. The summed E-state index contributed by atoms with van der Waals surface area (Å²) in [4.78, 5) is 9.46. The number of aromatic nitrogens is 2. The number of H-pyrrole nitrogens is 1. The molecule has 5 nitrogen and oxygen atoms in total. The highest BCUT2D eigenvalue weighted by Gasteiger charge is 1.95. The average molecular weight is 268 g/mol. The number of ether oxygens (including phenoxy) is 1. The van der Waals surface area contributed by atoms with Gasteiger partial charge in [0.05, 0.1) is 0 Å². The van der Waals surface area contributed by atoms with Crippen LogP contribution in [0.4, 0.5) is 0 Å². The van der Waals surface area contributed by atoms with Gasteiger partial charge >= 0.3 is 0 Å². The Morgan fingerprint density at radius 1 is 1.33 bits per heavy atom. The molecule has 96 valence electrons. The van der Waals surface area contributed by atoms with Crippen LogP contribution in [-0.4, -0.2) is 22.0 Å². The van der Waals surface area contributed by atoms with Gasteiger partial charge in [-0.3, -0.25) is 9.89 Å². The fraction of sp³-hybridized carbons (Fsp3) is 0.167. The number of hydrogen-bond acceptors (Lipinski definition) is 3. The minimum absolute atomic E-state index is 0.0833. The summed E-state index contributed by atoms with van der Waals surface area (Å²) in [7, 11) is 0. The first-order chi connectivity index (χ1) is 8.72. The molecule has 0 radical (unpaired) electrons. The smallest absolute Gasteiger partial charge is 0.232 e. The van der Waals surface area contributed by atoms with Crippen LogP contribution in [0.15, 0.2) is 42.6 Å². The van der Waals surface area contributed by atoms with Gasteiger partial charge in [0, 0.05) is 12.3 Å². The van der Waals surface area contributed by atoms with Crippen LogP contribution >= 0.6 is 11.6 Å². The Morgan fingerprint density at radius 3 is 2.50 bits per heavy atom. The molecule has 0 aliphatic carbocycles. The van der Waals surface area contributed by atoms with Crippen molar-refractivity contribution in [2.75, 3.05) is 5.88 Å². The molecule has 0 spiro atoms. The second kappa shape index (κ2) is 8.14. The molecule has 0 bridgehead atoms. The molecule has 0 unspecified atom stereocenters.